The number of pyridine rings is 1. The number of allylic oxidation sites excluding steroid dienone is 1. The summed E-state index contributed by atoms with van der Waals surface area (Å²) >= 11 is 0. The molecular weight excluding hydrogens is 654 g/mol. The van der Waals surface area contributed by atoms with Gasteiger partial charge in [-0.2, -0.15) is 0 Å². The summed E-state index contributed by atoms with van der Waals surface area (Å²) in [6, 6.07) is 10.4. The number of fused-ring (bicyclic) bond motifs is 2. The molecule has 0 aliphatic carbocycles. The Morgan fingerprint density at radius 1 is 1.06 bits per heavy atom. The zero-order valence-corrected chi connectivity index (χ0v) is 29.4. The van der Waals surface area contributed by atoms with Crippen LogP contribution in [0.25, 0.3) is 11.7 Å². The molecule has 12 heteroatoms. The number of methoxy groups -OCH3 is 3. The summed E-state index contributed by atoms with van der Waals surface area (Å²) in [7, 11) is 4.39. The highest BCUT2D eigenvalue weighted by atomic mass is 16.5. The average molecular weight is 700 g/mol. The van der Waals surface area contributed by atoms with E-state index in [0.717, 1.165) is 11.3 Å². The number of Topliss-reactive ketones (excluding diaryl/α,β-unsaturated/α-hetero) is 1. The number of ketones is 1. The van der Waals surface area contributed by atoms with E-state index in [-0.39, 0.29) is 47.1 Å². The van der Waals surface area contributed by atoms with Crippen LogP contribution < -0.4 is 19.5 Å². The van der Waals surface area contributed by atoms with Gasteiger partial charge in [0.2, 0.25) is 11.7 Å². The van der Waals surface area contributed by atoms with Crippen LogP contribution in [-0.4, -0.2) is 71.2 Å². The van der Waals surface area contributed by atoms with E-state index in [0.29, 0.717) is 67.8 Å². The van der Waals surface area contributed by atoms with E-state index < -0.39 is 23.7 Å². The Morgan fingerprint density at radius 2 is 1.80 bits per heavy atom. The molecule has 5 rings (SSSR count). The fraction of sp³-hybridized carbons (Fsp3) is 0.385. The summed E-state index contributed by atoms with van der Waals surface area (Å²) in [5.74, 6) is -1.89. The smallest absolute Gasteiger partial charge is 0.342 e. The summed E-state index contributed by atoms with van der Waals surface area (Å²) in [6.45, 7) is 2.02. The monoisotopic (exact) mass is 699 g/mol. The molecule has 0 saturated carbocycles. The second-order valence-electron chi connectivity index (χ2n) is 12.6. The normalized spacial score (nSPS) is 16.1. The minimum absolute atomic E-state index is 0.0387. The number of cyclic esters (lactones) is 1. The number of esters is 1. The number of hydrogen-bond donors (Lipinski definition) is 3. The van der Waals surface area contributed by atoms with Crippen molar-refractivity contribution >= 4 is 29.4 Å². The SMILES string of the molecule is COc1cc(C(CC(=O)NCCc2cn3ccccc3n2)c2c(O)cc3c(c2O)C(=O)OC(C)CCCC(=O)CCCC=C3)cc(OC)c1OC. The number of phenolic OH excluding ortho intramolecular Hbond substituents is 2. The van der Waals surface area contributed by atoms with Gasteiger partial charge < -0.3 is 38.9 Å². The predicted octanol–water partition coefficient (Wildman–Crippen LogP) is 6.13. The zero-order valence-electron chi connectivity index (χ0n) is 29.4. The number of amides is 1. The molecule has 0 radical (unpaired) electrons. The lowest BCUT2D eigenvalue weighted by atomic mass is 9.84. The van der Waals surface area contributed by atoms with Gasteiger partial charge >= 0.3 is 5.97 Å². The molecule has 1 amide bonds. The van der Waals surface area contributed by atoms with Crippen LogP contribution in [0.4, 0.5) is 0 Å². The third-order valence-electron chi connectivity index (χ3n) is 9.00. The standard InChI is InChI=1S/C39H45N3O9/c1-24-11-10-14-28(43)13-7-5-6-12-25-19-30(44)36(37(46)35(25)39(47)51-24)29(26-20-31(48-2)38(50-4)32(21-26)49-3)22-34(45)40-17-16-27-23-42-18-9-8-15-33(42)41-27/h6,8-9,12,15,18-21,23-24,29,44,46H,5,7,10-11,13-14,16-17,22H2,1-4H3,(H,40,45). The lowest BCUT2D eigenvalue weighted by Gasteiger charge is -2.24. The largest absolute Gasteiger partial charge is 0.507 e. The van der Waals surface area contributed by atoms with E-state index >= 15 is 0 Å². The Kier molecular flexibility index (Phi) is 12.2. The molecule has 3 N–H and O–H groups in total. The maximum absolute atomic E-state index is 13.7. The Morgan fingerprint density at radius 3 is 2.51 bits per heavy atom. The number of ether oxygens (including phenoxy) is 4. The van der Waals surface area contributed by atoms with Crippen molar-refractivity contribution in [3.63, 3.8) is 0 Å². The van der Waals surface area contributed by atoms with E-state index in [2.05, 4.69) is 10.3 Å². The summed E-state index contributed by atoms with van der Waals surface area (Å²) in [4.78, 5) is 44.2. The molecule has 0 saturated heterocycles. The highest BCUT2D eigenvalue weighted by Crippen LogP contribution is 2.47. The molecule has 0 bridgehead atoms. The first-order valence-corrected chi connectivity index (χ1v) is 17.1. The maximum atomic E-state index is 13.7. The molecule has 0 spiro atoms. The van der Waals surface area contributed by atoms with E-state index in [1.807, 2.05) is 35.0 Å². The molecule has 0 fully saturated rings. The molecular formula is C39H45N3O9. The van der Waals surface area contributed by atoms with Gasteiger partial charge in [-0.05, 0) is 74.1 Å². The van der Waals surface area contributed by atoms with Crippen LogP contribution in [-0.2, 0) is 20.7 Å². The van der Waals surface area contributed by atoms with Crippen molar-refractivity contribution in [2.45, 2.75) is 70.3 Å². The molecule has 12 nitrogen and oxygen atoms in total. The number of nitrogens with one attached hydrogen (secondary N) is 1. The second-order valence-corrected chi connectivity index (χ2v) is 12.6. The third-order valence-corrected chi connectivity index (χ3v) is 9.00. The van der Waals surface area contributed by atoms with Crippen LogP contribution in [0.5, 0.6) is 28.7 Å². The molecule has 270 valence electrons. The molecule has 2 atom stereocenters. The number of rotatable bonds is 10. The number of hydrogen-bond acceptors (Lipinski definition) is 10. The molecule has 3 heterocycles. The van der Waals surface area contributed by atoms with Gasteiger partial charge in [0.1, 0.15) is 28.5 Å². The molecule has 1 aliphatic heterocycles. The topological polar surface area (TPSA) is 158 Å². The number of nitrogens with zero attached hydrogens (tertiary/aromatic N) is 2. The lowest BCUT2D eigenvalue weighted by Crippen LogP contribution is -2.27. The minimum atomic E-state index is -0.979. The number of benzene rings is 2. The average Bonchev–Trinajstić information content (AvgIpc) is 3.52. The van der Waals surface area contributed by atoms with E-state index in [9.17, 15) is 24.6 Å². The van der Waals surface area contributed by atoms with Crippen molar-refractivity contribution in [3.8, 4) is 28.7 Å². The second kappa shape index (κ2) is 16.9. The first-order valence-electron chi connectivity index (χ1n) is 17.1. The molecule has 51 heavy (non-hydrogen) atoms. The number of imidazole rings is 1. The van der Waals surface area contributed by atoms with E-state index in [1.54, 1.807) is 31.2 Å². The van der Waals surface area contributed by atoms with Gasteiger partial charge in [0.25, 0.3) is 0 Å². The predicted molar refractivity (Wildman–Crippen MR) is 191 cm³/mol. The van der Waals surface area contributed by atoms with Crippen LogP contribution in [0.2, 0.25) is 0 Å². The third kappa shape index (κ3) is 8.80. The maximum Gasteiger partial charge on any atom is 0.342 e. The van der Waals surface area contributed by atoms with Crippen LogP contribution >= 0.6 is 0 Å². The fourth-order valence-corrected chi connectivity index (χ4v) is 6.40. The van der Waals surface area contributed by atoms with Crippen LogP contribution in [0.3, 0.4) is 0 Å². The van der Waals surface area contributed by atoms with Gasteiger partial charge in [-0.3, -0.25) is 9.59 Å². The van der Waals surface area contributed by atoms with Gasteiger partial charge in [-0.15, -0.1) is 0 Å². The molecule has 1 aliphatic rings. The Labute approximate surface area is 297 Å². The Bertz CT molecular complexity index is 1860. The minimum Gasteiger partial charge on any atom is -0.507 e. The highest BCUT2D eigenvalue weighted by molar-refractivity contribution is 5.98. The number of aromatic hydroxyl groups is 2. The summed E-state index contributed by atoms with van der Waals surface area (Å²) in [5, 5.41) is 26.4. The molecule has 4 aromatic rings. The molecule has 2 unspecified atom stereocenters. The first-order chi connectivity index (χ1) is 24.6. The van der Waals surface area contributed by atoms with Gasteiger partial charge in [-0.25, -0.2) is 9.78 Å². The Hall–Kier alpha value is -5.52. The number of aromatic nitrogens is 2. The van der Waals surface area contributed by atoms with Crippen molar-refractivity contribution < 1.29 is 43.5 Å². The summed E-state index contributed by atoms with van der Waals surface area (Å²) in [6.07, 6.45) is 10.0. The number of carbonyl (C=O) groups excluding carboxylic acids is 3. The first kappa shape index (κ1) is 36.8. The number of carbonyl (C=O) groups is 3. The van der Waals surface area contributed by atoms with E-state index in [1.165, 1.54) is 27.4 Å². The van der Waals surface area contributed by atoms with Crippen molar-refractivity contribution in [3.05, 3.63) is 82.8 Å². The number of phenols is 2. The van der Waals surface area contributed by atoms with Crippen molar-refractivity contribution in [2.75, 3.05) is 27.9 Å². The van der Waals surface area contributed by atoms with Gasteiger partial charge in [0, 0.05) is 56.1 Å². The van der Waals surface area contributed by atoms with Gasteiger partial charge in [0.05, 0.1) is 33.1 Å². The zero-order chi connectivity index (χ0) is 36.5. The fourth-order valence-electron chi connectivity index (χ4n) is 6.40. The van der Waals surface area contributed by atoms with Crippen LogP contribution in [0.1, 0.15) is 90.5 Å². The van der Waals surface area contributed by atoms with E-state index in [4.69, 9.17) is 18.9 Å². The van der Waals surface area contributed by atoms with Crippen molar-refractivity contribution in [2.24, 2.45) is 0 Å². The Balaban J connectivity index is 1.54. The van der Waals surface area contributed by atoms with Crippen molar-refractivity contribution in [1.29, 1.82) is 0 Å². The molecule has 2 aromatic heterocycles. The van der Waals surface area contributed by atoms with Crippen molar-refractivity contribution in [1.82, 2.24) is 14.7 Å². The van der Waals surface area contributed by atoms with Crippen LogP contribution in [0, 0.1) is 0 Å². The highest BCUT2D eigenvalue weighted by Gasteiger charge is 2.32. The van der Waals surface area contributed by atoms with Gasteiger partial charge in [-0.1, -0.05) is 18.2 Å². The van der Waals surface area contributed by atoms with Crippen LogP contribution in [0.15, 0.2) is 54.9 Å². The van der Waals surface area contributed by atoms with Gasteiger partial charge in [0.15, 0.2) is 11.5 Å². The summed E-state index contributed by atoms with van der Waals surface area (Å²) in [5.41, 5.74) is 2.12. The lowest BCUT2D eigenvalue weighted by molar-refractivity contribution is -0.121. The quantitative estimate of drug-likeness (QED) is 0.164. The summed E-state index contributed by atoms with van der Waals surface area (Å²) < 4.78 is 24.3. The molecule has 2 aromatic carbocycles.